The van der Waals surface area contributed by atoms with Crippen LogP contribution in [0.5, 0.6) is 0 Å². The van der Waals surface area contributed by atoms with Gasteiger partial charge in [0.25, 0.3) is 0 Å². The molecule has 0 aliphatic carbocycles. The molecule has 1 rings (SSSR count). The summed E-state index contributed by atoms with van der Waals surface area (Å²) in [6.45, 7) is 1.86. The van der Waals surface area contributed by atoms with Crippen molar-refractivity contribution in [3.05, 3.63) is 29.8 Å². The molecule has 0 aliphatic rings. The summed E-state index contributed by atoms with van der Waals surface area (Å²) in [6.07, 6.45) is 0.441. The smallest absolute Gasteiger partial charge is 0.240 e. The van der Waals surface area contributed by atoms with Gasteiger partial charge in [-0.1, -0.05) is 0 Å². The van der Waals surface area contributed by atoms with Crippen molar-refractivity contribution in [2.24, 2.45) is 5.73 Å². The molecule has 96 valence electrons. The molecule has 7 heteroatoms. The number of nitrogens with two attached hydrogens (primary N) is 1. The van der Waals surface area contributed by atoms with E-state index in [-0.39, 0.29) is 12.6 Å². The first kappa shape index (κ1) is 14.0. The Morgan fingerprint density at radius 3 is 2.29 bits per heavy atom. The quantitative estimate of drug-likeness (QED) is 0.832. The maximum absolute atomic E-state index is 12.9. The highest BCUT2D eigenvalue weighted by Crippen LogP contribution is 2.13. The van der Waals surface area contributed by atoms with Gasteiger partial charge < -0.3 is 5.73 Å². The molecule has 1 atom stereocenters. The predicted octanol–water partition coefficient (Wildman–Crippen LogP) is 0.980. The average Bonchev–Trinajstić information content (AvgIpc) is 2.14. The van der Waals surface area contributed by atoms with E-state index in [1.165, 1.54) is 0 Å². The highest BCUT2D eigenvalue weighted by Gasteiger charge is 2.15. The van der Waals surface area contributed by atoms with Crippen molar-refractivity contribution in [2.75, 3.05) is 6.54 Å². The third kappa shape index (κ3) is 4.37. The highest BCUT2D eigenvalue weighted by atomic mass is 32.2. The van der Waals surface area contributed by atoms with Crippen molar-refractivity contribution in [1.82, 2.24) is 4.72 Å². The summed E-state index contributed by atoms with van der Waals surface area (Å²) in [7, 11) is -3.89. The van der Waals surface area contributed by atoms with Crippen molar-refractivity contribution < 1.29 is 17.2 Å². The predicted molar refractivity (Wildman–Crippen MR) is 59.8 cm³/mol. The Hall–Kier alpha value is -1.05. The van der Waals surface area contributed by atoms with Crippen LogP contribution in [0.3, 0.4) is 0 Å². The van der Waals surface area contributed by atoms with Crippen LogP contribution in [0.1, 0.15) is 13.3 Å². The molecule has 1 unspecified atom stereocenters. The van der Waals surface area contributed by atoms with Crippen LogP contribution in [0.2, 0.25) is 0 Å². The van der Waals surface area contributed by atoms with Gasteiger partial charge in [-0.15, -0.1) is 0 Å². The molecule has 0 saturated carbocycles. The molecule has 0 fully saturated rings. The van der Waals surface area contributed by atoms with E-state index in [0.717, 1.165) is 12.1 Å². The molecule has 0 amide bonds. The number of halogens is 2. The molecule has 3 N–H and O–H groups in total. The van der Waals surface area contributed by atoms with E-state index in [9.17, 15) is 17.2 Å². The van der Waals surface area contributed by atoms with Crippen LogP contribution in [-0.2, 0) is 10.0 Å². The van der Waals surface area contributed by atoms with Gasteiger partial charge in [-0.2, -0.15) is 0 Å². The summed E-state index contributed by atoms with van der Waals surface area (Å²) in [5, 5.41) is 0. The zero-order valence-electron chi connectivity index (χ0n) is 9.28. The van der Waals surface area contributed by atoms with Crippen LogP contribution in [-0.4, -0.2) is 21.0 Å². The van der Waals surface area contributed by atoms with E-state index in [2.05, 4.69) is 4.72 Å². The molecule has 0 spiro atoms. The van der Waals surface area contributed by atoms with Gasteiger partial charge in [0, 0.05) is 18.7 Å². The van der Waals surface area contributed by atoms with Crippen LogP contribution < -0.4 is 10.5 Å². The monoisotopic (exact) mass is 264 g/mol. The van der Waals surface area contributed by atoms with Crippen LogP contribution in [0.25, 0.3) is 0 Å². The molecule has 17 heavy (non-hydrogen) atoms. The number of sulfonamides is 1. The van der Waals surface area contributed by atoms with Crippen molar-refractivity contribution in [3.8, 4) is 0 Å². The van der Waals surface area contributed by atoms with Gasteiger partial charge in [0.2, 0.25) is 10.0 Å². The molecule has 1 aromatic carbocycles. The van der Waals surface area contributed by atoms with E-state index in [1.54, 1.807) is 6.92 Å². The number of nitrogens with one attached hydrogen (secondary N) is 1. The summed E-state index contributed by atoms with van der Waals surface area (Å²) >= 11 is 0. The third-order valence-corrected chi connectivity index (χ3v) is 3.48. The highest BCUT2D eigenvalue weighted by molar-refractivity contribution is 7.89. The second kappa shape index (κ2) is 5.52. The zero-order valence-corrected chi connectivity index (χ0v) is 10.1. The maximum Gasteiger partial charge on any atom is 0.240 e. The molecule has 0 radical (unpaired) electrons. The first-order chi connectivity index (χ1) is 7.81. The molecule has 4 nitrogen and oxygen atoms in total. The lowest BCUT2D eigenvalue weighted by Crippen LogP contribution is -2.29. The summed E-state index contributed by atoms with van der Waals surface area (Å²) in [4.78, 5) is -0.431. The lowest BCUT2D eigenvalue weighted by molar-refractivity contribution is 0.557. The summed E-state index contributed by atoms with van der Waals surface area (Å²) in [5.74, 6) is -1.87. The minimum absolute atomic E-state index is 0.123. The minimum Gasteiger partial charge on any atom is -0.328 e. The number of rotatable bonds is 5. The van der Waals surface area contributed by atoms with Gasteiger partial charge in [0.1, 0.15) is 11.6 Å². The van der Waals surface area contributed by atoms with Gasteiger partial charge in [-0.25, -0.2) is 21.9 Å². The topological polar surface area (TPSA) is 72.2 Å². The fourth-order valence-electron chi connectivity index (χ4n) is 1.19. The van der Waals surface area contributed by atoms with E-state index >= 15 is 0 Å². The number of benzene rings is 1. The molecular formula is C10H14F2N2O2S. The number of hydrogen-bond donors (Lipinski definition) is 2. The summed E-state index contributed by atoms with van der Waals surface area (Å²) < 4.78 is 51.2. The van der Waals surface area contributed by atoms with Crippen molar-refractivity contribution in [1.29, 1.82) is 0 Å². The normalized spacial score (nSPS) is 13.6. The first-order valence-electron chi connectivity index (χ1n) is 5.02. The lowest BCUT2D eigenvalue weighted by Gasteiger charge is -2.08. The maximum atomic E-state index is 12.9. The molecular weight excluding hydrogens is 250 g/mol. The Labute approximate surface area is 98.9 Å². The van der Waals surface area contributed by atoms with E-state index in [1.807, 2.05) is 0 Å². The Bertz CT molecular complexity index is 469. The first-order valence-corrected chi connectivity index (χ1v) is 6.51. The van der Waals surface area contributed by atoms with E-state index < -0.39 is 26.6 Å². The molecule has 1 aromatic rings. The average molecular weight is 264 g/mol. The SMILES string of the molecule is CC(N)CCNS(=O)(=O)c1cc(F)cc(F)c1. The van der Waals surface area contributed by atoms with Gasteiger partial charge in [0.05, 0.1) is 4.90 Å². The fraction of sp³-hybridized carbons (Fsp3) is 0.400. The molecule has 0 bridgehead atoms. The summed E-state index contributed by atoms with van der Waals surface area (Å²) in [6, 6.07) is 1.98. The van der Waals surface area contributed by atoms with Gasteiger partial charge in [-0.3, -0.25) is 0 Å². The number of hydrogen-bond acceptors (Lipinski definition) is 3. The van der Waals surface area contributed by atoms with Gasteiger partial charge in [0.15, 0.2) is 0 Å². The fourth-order valence-corrected chi connectivity index (χ4v) is 2.28. The van der Waals surface area contributed by atoms with Gasteiger partial charge >= 0.3 is 0 Å². The second-order valence-corrected chi connectivity index (χ2v) is 5.54. The van der Waals surface area contributed by atoms with Crippen LogP contribution in [0, 0.1) is 11.6 Å². The Balaban J connectivity index is 2.82. The Kier molecular flexibility index (Phi) is 4.55. The largest absolute Gasteiger partial charge is 0.328 e. The molecule has 0 heterocycles. The van der Waals surface area contributed by atoms with Crippen molar-refractivity contribution in [3.63, 3.8) is 0 Å². The van der Waals surface area contributed by atoms with E-state index in [0.29, 0.717) is 12.5 Å². The zero-order chi connectivity index (χ0) is 13.1. The summed E-state index contributed by atoms with van der Waals surface area (Å²) in [5.41, 5.74) is 5.45. The molecule has 0 aromatic heterocycles. The van der Waals surface area contributed by atoms with E-state index in [4.69, 9.17) is 5.73 Å². The van der Waals surface area contributed by atoms with Crippen LogP contribution in [0.15, 0.2) is 23.1 Å². The van der Waals surface area contributed by atoms with Gasteiger partial charge in [-0.05, 0) is 25.5 Å². The van der Waals surface area contributed by atoms with Crippen molar-refractivity contribution in [2.45, 2.75) is 24.3 Å². The second-order valence-electron chi connectivity index (χ2n) is 3.77. The minimum atomic E-state index is -3.89. The van der Waals surface area contributed by atoms with Crippen LogP contribution >= 0.6 is 0 Å². The molecule has 0 aliphatic heterocycles. The standard InChI is InChI=1S/C10H14F2N2O2S/c1-7(13)2-3-14-17(15,16)10-5-8(11)4-9(12)6-10/h4-7,14H,2-3,13H2,1H3. The Morgan fingerprint density at radius 2 is 1.82 bits per heavy atom. The molecule has 0 saturated heterocycles. The van der Waals surface area contributed by atoms with Crippen molar-refractivity contribution >= 4 is 10.0 Å². The Morgan fingerprint density at radius 1 is 1.29 bits per heavy atom. The third-order valence-electron chi connectivity index (χ3n) is 2.04. The lowest BCUT2D eigenvalue weighted by atomic mass is 10.3. The van der Waals surface area contributed by atoms with Crippen LogP contribution in [0.4, 0.5) is 8.78 Å².